The van der Waals surface area contributed by atoms with Crippen molar-refractivity contribution in [1.29, 1.82) is 0 Å². The summed E-state index contributed by atoms with van der Waals surface area (Å²) < 4.78 is 1.45. The Morgan fingerprint density at radius 2 is 1.93 bits per heavy atom. The Balaban J connectivity index is 3.17. The fourth-order valence-corrected chi connectivity index (χ4v) is 2.43. The van der Waals surface area contributed by atoms with Crippen LogP contribution < -0.4 is 11.1 Å². The zero-order valence-corrected chi connectivity index (χ0v) is 10.9. The quantitative estimate of drug-likeness (QED) is 0.643. The van der Waals surface area contributed by atoms with Crippen LogP contribution in [0.2, 0.25) is 0 Å². The van der Waals surface area contributed by atoms with Crippen molar-refractivity contribution in [3.8, 4) is 0 Å². The molecule has 1 aromatic carbocycles. The normalized spacial score (nSPS) is 9.57. The monoisotopic (exact) mass is 336 g/mol. The van der Waals surface area contributed by atoms with E-state index in [-0.39, 0.29) is 5.11 Å². The third-order valence-electron chi connectivity index (χ3n) is 1.45. The van der Waals surface area contributed by atoms with Gasteiger partial charge in [-0.1, -0.05) is 0 Å². The summed E-state index contributed by atoms with van der Waals surface area (Å²) in [5, 5.41) is 2.96. The zero-order valence-electron chi connectivity index (χ0n) is 6.88. The minimum Gasteiger partial charge on any atom is -0.376 e. The van der Waals surface area contributed by atoms with Gasteiger partial charge in [-0.25, -0.2) is 0 Å². The van der Waals surface area contributed by atoms with Crippen LogP contribution >= 0.6 is 44.1 Å². The number of hydrogen-bond donors (Lipinski definition) is 2. The molecule has 0 spiro atoms. The summed E-state index contributed by atoms with van der Waals surface area (Å²) in [4.78, 5) is 10.5. The number of benzene rings is 1. The number of carbonyl (C=O) groups is 1. The van der Waals surface area contributed by atoms with Crippen LogP contribution in [0.25, 0.3) is 0 Å². The second-order valence-electron chi connectivity index (χ2n) is 2.47. The van der Waals surface area contributed by atoms with Crippen molar-refractivity contribution < 1.29 is 4.79 Å². The van der Waals surface area contributed by atoms with E-state index in [9.17, 15) is 4.79 Å². The van der Waals surface area contributed by atoms with Gasteiger partial charge in [0.25, 0.3) is 0 Å². The second-order valence-corrected chi connectivity index (χ2v) is 4.62. The van der Waals surface area contributed by atoms with Gasteiger partial charge < -0.3 is 11.1 Å². The predicted molar refractivity (Wildman–Crippen MR) is 67.6 cm³/mol. The Kier molecular flexibility index (Phi) is 4.03. The van der Waals surface area contributed by atoms with Gasteiger partial charge in [-0.2, -0.15) is 0 Å². The first-order valence-electron chi connectivity index (χ1n) is 3.55. The van der Waals surface area contributed by atoms with Crippen molar-refractivity contribution in [2.75, 3.05) is 5.32 Å². The topological polar surface area (TPSA) is 55.1 Å². The average molecular weight is 338 g/mol. The Bertz CT molecular complexity index is 372. The molecule has 0 saturated heterocycles. The van der Waals surface area contributed by atoms with E-state index >= 15 is 0 Å². The summed E-state index contributed by atoms with van der Waals surface area (Å²) in [7, 11) is 0. The molecular weight excluding hydrogens is 332 g/mol. The highest BCUT2D eigenvalue weighted by atomic mass is 79.9. The fraction of sp³-hybridized carbons (Fsp3) is 0. The lowest BCUT2D eigenvalue weighted by Gasteiger charge is -2.09. The van der Waals surface area contributed by atoms with Crippen LogP contribution in [0.1, 0.15) is 10.4 Å². The summed E-state index contributed by atoms with van der Waals surface area (Å²) >= 11 is 11.3. The number of hydrogen-bond acceptors (Lipinski definition) is 2. The largest absolute Gasteiger partial charge is 0.376 e. The van der Waals surface area contributed by atoms with Gasteiger partial charge in [0.15, 0.2) is 5.11 Å². The molecule has 0 atom stereocenters. The molecule has 0 radical (unpaired) electrons. The molecule has 6 heteroatoms. The van der Waals surface area contributed by atoms with E-state index in [1.165, 1.54) is 0 Å². The Morgan fingerprint density at radius 1 is 1.43 bits per heavy atom. The average Bonchev–Trinajstić information content (AvgIpc) is 2.10. The van der Waals surface area contributed by atoms with E-state index in [0.29, 0.717) is 11.3 Å². The molecular formula is C8H6Br2N2OS. The van der Waals surface area contributed by atoms with Crippen molar-refractivity contribution in [3.63, 3.8) is 0 Å². The van der Waals surface area contributed by atoms with Gasteiger partial charge in [0.05, 0.1) is 5.69 Å². The lowest BCUT2D eigenvalue weighted by Crippen LogP contribution is -2.19. The van der Waals surface area contributed by atoms with E-state index in [4.69, 9.17) is 18.0 Å². The van der Waals surface area contributed by atoms with Crippen molar-refractivity contribution in [2.24, 2.45) is 5.73 Å². The highest BCUT2D eigenvalue weighted by molar-refractivity contribution is 9.11. The summed E-state index contributed by atoms with van der Waals surface area (Å²) in [6.45, 7) is 0. The maximum Gasteiger partial charge on any atom is 0.168 e. The maximum absolute atomic E-state index is 10.5. The number of carbonyl (C=O) groups excluding carboxylic acids is 1. The molecule has 0 fully saturated rings. The molecule has 0 saturated carbocycles. The summed E-state index contributed by atoms with van der Waals surface area (Å²) in [5.74, 6) is 0. The fourth-order valence-electron chi connectivity index (χ4n) is 0.903. The van der Waals surface area contributed by atoms with Crippen LogP contribution in [-0.2, 0) is 0 Å². The molecule has 1 rings (SSSR count). The number of rotatable bonds is 2. The standard InChI is InChI=1S/C8H6Br2N2OS/c9-5-1-4(3-13)2-6(10)7(5)12-8(11)14/h1-3H,(H3,11,12,14). The van der Waals surface area contributed by atoms with Crippen LogP contribution in [0.5, 0.6) is 0 Å². The minimum absolute atomic E-state index is 0.172. The van der Waals surface area contributed by atoms with Gasteiger partial charge in [-0.3, -0.25) is 4.79 Å². The Labute approximate surface area is 103 Å². The molecule has 14 heavy (non-hydrogen) atoms. The zero-order chi connectivity index (χ0) is 10.7. The lowest BCUT2D eigenvalue weighted by molar-refractivity contribution is 0.112. The molecule has 0 heterocycles. The molecule has 0 bridgehead atoms. The van der Waals surface area contributed by atoms with Gasteiger partial charge in [0.2, 0.25) is 0 Å². The van der Waals surface area contributed by atoms with E-state index in [0.717, 1.165) is 15.2 Å². The number of nitrogens with one attached hydrogen (secondary N) is 1. The van der Waals surface area contributed by atoms with Gasteiger partial charge in [-0.05, 0) is 56.2 Å². The summed E-state index contributed by atoms with van der Waals surface area (Å²) in [6.07, 6.45) is 0.764. The maximum atomic E-state index is 10.5. The summed E-state index contributed by atoms with van der Waals surface area (Å²) in [6, 6.07) is 3.36. The van der Waals surface area contributed by atoms with Crippen LogP contribution in [0.15, 0.2) is 21.1 Å². The Hall–Kier alpha value is -0.460. The molecule has 3 nitrogen and oxygen atoms in total. The van der Waals surface area contributed by atoms with Crippen LogP contribution in [0.3, 0.4) is 0 Å². The van der Waals surface area contributed by atoms with Crippen LogP contribution in [0.4, 0.5) is 5.69 Å². The first-order valence-corrected chi connectivity index (χ1v) is 5.54. The van der Waals surface area contributed by atoms with Gasteiger partial charge in [0.1, 0.15) is 6.29 Å². The molecule has 0 aliphatic heterocycles. The molecule has 74 valence electrons. The molecule has 3 N–H and O–H groups in total. The number of aldehydes is 1. The molecule has 1 aromatic rings. The SMILES string of the molecule is NC(=S)Nc1c(Br)cc(C=O)cc1Br. The summed E-state index contributed by atoms with van der Waals surface area (Å²) in [5.41, 5.74) is 6.62. The van der Waals surface area contributed by atoms with Crippen LogP contribution in [0, 0.1) is 0 Å². The van der Waals surface area contributed by atoms with E-state index < -0.39 is 0 Å². The molecule has 0 amide bonds. The predicted octanol–water partition coefficient (Wildman–Crippen LogP) is 2.68. The molecule has 0 aliphatic rings. The smallest absolute Gasteiger partial charge is 0.168 e. The first-order chi connectivity index (χ1) is 6.54. The van der Waals surface area contributed by atoms with Crippen molar-refractivity contribution in [3.05, 3.63) is 26.6 Å². The van der Waals surface area contributed by atoms with E-state index in [2.05, 4.69) is 37.2 Å². The van der Waals surface area contributed by atoms with E-state index in [1.807, 2.05) is 0 Å². The third kappa shape index (κ3) is 2.76. The highest BCUT2D eigenvalue weighted by Crippen LogP contribution is 2.31. The molecule has 0 aliphatic carbocycles. The van der Waals surface area contributed by atoms with Gasteiger partial charge in [-0.15, -0.1) is 0 Å². The van der Waals surface area contributed by atoms with E-state index in [1.54, 1.807) is 12.1 Å². The Morgan fingerprint density at radius 3 is 2.29 bits per heavy atom. The van der Waals surface area contributed by atoms with Crippen molar-refractivity contribution >= 4 is 61.2 Å². The molecule has 0 aromatic heterocycles. The number of anilines is 1. The number of nitrogens with two attached hydrogens (primary N) is 1. The third-order valence-corrected chi connectivity index (χ3v) is 2.80. The molecule has 0 unspecified atom stereocenters. The lowest BCUT2D eigenvalue weighted by atomic mass is 10.2. The first kappa shape index (κ1) is 11.6. The highest BCUT2D eigenvalue weighted by Gasteiger charge is 2.07. The van der Waals surface area contributed by atoms with Gasteiger partial charge in [0, 0.05) is 14.5 Å². The van der Waals surface area contributed by atoms with Crippen LogP contribution in [-0.4, -0.2) is 11.4 Å². The second kappa shape index (κ2) is 4.86. The van der Waals surface area contributed by atoms with Crippen molar-refractivity contribution in [1.82, 2.24) is 0 Å². The minimum atomic E-state index is 0.172. The number of halogens is 2. The van der Waals surface area contributed by atoms with Gasteiger partial charge >= 0.3 is 0 Å². The number of thiocarbonyl (C=S) groups is 1. The van der Waals surface area contributed by atoms with Crippen molar-refractivity contribution in [2.45, 2.75) is 0 Å².